The monoisotopic (exact) mass is 413 g/mol. The first-order valence-corrected chi connectivity index (χ1v) is 12.2. The van der Waals surface area contributed by atoms with Gasteiger partial charge in [-0.2, -0.15) is 15.0 Å². The maximum Gasteiger partial charge on any atom is 0.0882 e. The molecule has 8 atom stereocenters. The molecule has 0 amide bonds. The Morgan fingerprint density at radius 2 is 1.83 bits per heavy atom. The van der Waals surface area contributed by atoms with Gasteiger partial charge < -0.3 is 9.84 Å². The van der Waals surface area contributed by atoms with E-state index in [1.165, 1.54) is 50.5 Å². The molecule has 5 heteroatoms. The number of hydrogen-bond donors (Lipinski definition) is 1. The first-order valence-electron chi connectivity index (χ1n) is 12.2. The van der Waals surface area contributed by atoms with Crippen LogP contribution in [0.1, 0.15) is 64.7 Å². The Morgan fingerprint density at radius 1 is 1.07 bits per heavy atom. The normalized spacial score (nSPS) is 45.4. The lowest BCUT2D eigenvalue weighted by Crippen LogP contribution is -2.52. The Hall–Kier alpha value is -1.20. The van der Waals surface area contributed by atoms with Gasteiger partial charge in [-0.15, -0.1) is 0 Å². The predicted molar refractivity (Wildman–Crippen MR) is 117 cm³/mol. The first-order chi connectivity index (χ1) is 14.4. The number of fused-ring (bicyclic) bond motifs is 5. The van der Waals surface area contributed by atoms with Crippen molar-refractivity contribution < 1.29 is 9.84 Å². The molecule has 0 aromatic carbocycles. The fourth-order valence-corrected chi connectivity index (χ4v) is 8.65. The van der Waals surface area contributed by atoms with E-state index in [1.807, 2.05) is 0 Å². The number of hydrogen-bond acceptors (Lipinski definition) is 4. The zero-order valence-electron chi connectivity index (χ0n) is 18.8. The molecule has 5 nitrogen and oxygen atoms in total. The van der Waals surface area contributed by atoms with E-state index in [2.05, 4.69) is 23.7 Å². The fraction of sp³-hybridized carbons (Fsp3) is 0.840. The van der Waals surface area contributed by atoms with Gasteiger partial charge >= 0.3 is 0 Å². The molecule has 166 valence electrons. The highest BCUT2D eigenvalue weighted by Gasteiger charge is 2.58. The van der Waals surface area contributed by atoms with Crippen LogP contribution in [0.2, 0.25) is 0 Å². The molecule has 1 aromatic rings. The van der Waals surface area contributed by atoms with Gasteiger partial charge in [0.15, 0.2) is 0 Å². The molecule has 0 aliphatic heterocycles. The molecule has 1 N–H and O–H groups in total. The van der Waals surface area contributed by atoms with Crippen LogP contribution in [0.5, 0.6) is 0 Å². The highest BCUT2D eigenvalue weighted by Crippen LogP contribution is 2.65. The van der Waals surface area contributed by atoms with Crippen molar-refractivity contribution in [3.63, 3.8) is 0 Å². The van der Waals surface area contributed by atoms with Crippen molar-refractivity contribution in [2.24, 2.45) is 40.9 Å². The maximum atomic E-state index is 11.0. The largest absolute Gasteiger partial charge is 0.387 e. The molecule has 1 aromatic heterocycles. The average molecular weight is 414 g/mol. The number of allylic oxidation sites excluding steroid dienone is 1. The molecule has 4 saturated carbocycles. The molecule has 5 rings (SSSR count). The van der Waals surface area contributed by atoms with Crippen molar-refractivity contribution in [3.8, 4) is 0 Å². The minimum absolute atomic E-state index is 0.393. The van der Waals surface area contributed by atoms with Gasteiger partial charge in [-0.25, -0.2) is 0 Å². The number of aromatic nitrogens is 3. The molecule has 0 spiro atoms. The second-order valence-electron chi connectivity index (χ2n) is 11.2. The molecule has 4 aliphatic rings. The van der Waals surface area contributed by atoms with E-state index in [4.69, 9.17) is 4.74 Å². The molecule has 4 fully saturated rings. The lowest BCUT2D eigenvalue weighted by Gasteiger charge is -2.57. The first kappa shape index (κ1) is 20.7. The van der Waals surface area contributed by atoms with Crippen LogP contribution >= 0.6 is 0 Å². The van der Waals surface area contributed by atoms with Crippen molar-refractivity contribution in [2.75, 3.05) is 13.7 Å². The summed E-state index contributed by atoms with van der Waals surface area (Å²) < 4.78 is 5.34. The number of aliphatic hydroxyl groups is 1. The third-order valence-corrected chi connectivity index (χ3v) is 9.82. The van der Waals surface area contributed by atoms with Crippen molar-refractivity contribution in [2.45, 2.75) is 76.9 Å². The summed E-state index contributed by atoms with van der Waals surface area (Å²) >= 11 is 0. The van der Waals surface area contributed by atoms with E-state index in [0.717, 1.165) is 43.1 Å². The zero-order chi connectivity index (χ0) is 20.9. The summed E-state index contributed by atoms with van der Waals surface area (Å²) in [6, 6.07) is 0. The van der Waals surface area contributed by atoms with Gasteiger partial charge in [0.05, 0.1) is 31.1 Å². The summed E-state index contributed by atoms with van der Waals surface area (Å²) in [5, 5.41) is 19.6. The average Bonchev–Trinajstić information content (AvgIpc) is 3.34. The Bertz CT molecular complexity index is 764. The summed E-state index contributed by atoms with van der Waals surface area (Å²) in [4.78, 5) is 1.79. The lowest BCUT2D eigenvalue weighted by atomic mass is 9.48. The fourth-order valence-electron chi connectivity index (χ4n) is 8.65. The second-order valence-corrected chi connectivity index (χ2v) is 11.2. The van der Waals surface area contributed by atoms with E-state index in [1.54, 1.807) is 24.3 Å². The van der Waals surface area contributed by atoms with Crippen LogP contribution in [0.3, 0.4) is 0 Å². The smallest absolute Gasteiger partial charge is 0.0882 e. The molecular formula is C25H39N3O2. The highest BCUT2D eigenvalue weighted by molar-refractivity contribution is 5.15. The quantitative estimate of drug-likeness (QED) is 0.723. The molecular weight excluding hydrogens is 374 g/mol. The van der Waals surface area contributed by atoms with Gasteiger partial charge in [-0.1, -0.05) is 19.1 Å². The number of methoxy groups -OCH3 is 1. The Morgan fingerprint density at radius 3 is 2.60 bits per heavy atom. The van der Waals surface area contributed by atoms with Crippen molar-refractivity contribution >= 4 is 0 Å². The van der Waals surface area contributed by atoms with E-state index in [0.29, 0.717) is 23.9 Å². The summed E-state index contributed by atoms with van der Waals surface area (Å²) in [5.41, 5.74) is 1.14. The molecule has 0 unspecified atom stereocenters. The van der Waals surface area contributed by atoms with E-state index in [-0.39, 0.29) is 0 Å². The zero-order valence-corrected chi connectivity index (χ0v) is 18.8. The number of ether oxygens (including phenoxy) is 1. The minimum Gasteiger partial charge on any atom is -0.387 e. The van der Waals surface area contributed by atoms with E-state index < -0.39 is 5.60 Å². The van der Waals surface area contributed by atoms with Crippen LogP contribution in [0.25, 0.3) is 0 Å². The summed E-state index contributed by atoms with van der Waals surface area (Å²) in [7, 11) is 1.72. The maximum absolute atomic E-state index is 11.0. The van der Waals surface area contributed by atoms with E-state index >= 15 is 0 Å². The van der Waals surface area contributed by atoms with Gasteiger partial charge in [0.25, 0.3) is 0 Å². The van der Waals surface area contributed by atoms with Crippen molar-refractivity contribution in [1.82, 2.24) is 15.0 Å². The van der Waals surface area contributed by atoms with Crippen LogP contribution in [0, 0.1) is 40.9 Å². The van der Waals surface area contributed by atoms with Crippen LogP contribution in [-0.2, 0) is 11.3 Å². The Kier molecular flexibility index (Phi) is 5.34. The van der Waals surface area contributed by atoms with Crippen LogP contribution in [0.4, 0.5) is 0 Å². The lowest BCUT2D eigenvalue weighted by molar-refractivity contribution is -0.123. The van der Waals surface area contributed by atoms with Crippen LogP contribution in [0.15, 0.2) is 24.5 Å². The SMILES string of the molecule is C=C(Cn1nccn1)[C@H]1CC[C@H]2[C@@H]3CC[C@@H]4C[C@](O)(COC)CC[C@@H]4[C@H]3CC[C@]12C. The number of nitrogens with zero attached hydrogens (tertiary/aromatic N) is 3. The van der Waals surface area contributed by atoms with Crippen molar-refractivity contribution in [1.29, 1.82) is 0 Å². The summed E-state index contributed by atoms with van der Waals surface area (Å²) in [6.07, 6.45) is 14.6. The Labute approximate surface area is 181 Å². The van der Waals surface area contributed by atoms with Gasteiger partial charge in [0.1, 0.15) is 0 Å². The van der Waals surface area contributed by atoms with Gasteiger partial charge in [0.2, 0.25) is 0 Å². The predicted octanol–water partition coefficient (Wildman–Crippen LogP) is 4.48. The number of rotatable bonds is 5. The van der Waals surface area contributed by atoms with E-state index in [9.17, 15) is 5.11 Å². The third kappa shape index (κ3) is 3.37. The van der Waals surface area contributed by atoms with Gasteiger partial charge in [0, 0.05) is 7.11 Å². The van der Waals surface area contributed by atoms with Gasteiger partial charge in [-0.3, -0.25) is 0 Å². The molecule has 0 bridgehead atoms. The third-order valence-electron chi connectivity index (χ3n) is 9.82. The standard InChI is InChI=1S/C25H39N3O2/c1-17(15-28-26-12-13-27-28)22-6-7-23-21-5-4-18-14-25(29,16-30-3)11-9-19(18)20(21)8-10-24(22,23)2/h12-13,18-23,29H,1,4-11,14-16H2,2-3H3/t18-,19+,20-,21-,22-,23+,24-,25+/m1/s1. The van der Waals surface area contributed by atoms with Gasteiger partial charge in [-0.05, 0) is 98.7 Å². The highest BCUT2D eigenvalue weighted by atomic mass is 16.5. The second kappa shape index (κ2) is 7.74. The Balaban J connectivity index is 1.29. The molecule has 0 radical (unpaired) electrons. The minimum atomic E-state index is -0.581. The van der Waals surface area contributed by atoms with Crippen LogP contribution < -0.4 is 0 Å². The molecule has 30 heavy (non-hydrogen) atoms. The molecule has 0 saturated heterocycles. The molecule has 1 heterocycles. The summed E-state index contributed by atoms with van der Waals surface area (Å²) in [6.45, 7) is 8.34. The van der Waals surface area contributed by atoms with Crippen LogP contribution in [-0.4, -0.2) is 39.4 Å². The molecule has 4 aliphatic carbocycles. The van der Waals surface area contributed by atoms with Crippen molar-refractivity contribution in [3.05, 3.63) is 24.5 Å². The topological polar surface area (TPSA) is 60.2 Å². The summed E-state index contributed by atoms with van der Waals surface area (Å²) in [5.74, 6) is 4.70.